The summed E-state index contributed by atoms with van der Waals surface area (Å²) in [6, 6.07) is 13.7. The van der Waals surface area contributed by atoms with Crippen molar-refractivity contribution in [3.63, 3.8) is 0 Å². The second-order valence-electron chi connectivity index (χ2n) is 9.25. The molecule has 11 heteroatoms. The van der Waals surface area contributed by atoms with Gasteiger partial charge in [0.25, 0.3) is 5.91 Å². The van der Waals surface area contributed by atoms with E-state index in [1.165, 1.54) is 9.80 Å². The molecule has 0 spiro atoms. The molecule has 0 saturated carbocycles. The SMILES string of the molecule is CN1CCOc2ccccc2C(=O)N[C@H](C(=O)N2CCNC(=O)C2)CC(=O)N[C@@H](Cc2ccccc2)C1=O. The van der Waals surface area contributed by atoms with Crippen molar-refractivity contribution in [2.45, 2.75) is 24.9 Å². The van der Waals surface area contributed by atoms with Crippen LogP contribution in [0.1, 0.15) is 22.3 Å². The van der Waals surface area contributed by atoms with Crippen molar-refractivity contribution in [1.29, 1.82) is 0 Å². The van der Waals surface area contributed by atoms with Crippen LogP contribution in [-0.2, 0) is 25.6 Å². The van der Waals surface area contributed by atoms with Crippen LogP contribution in [0.15, 0.2) is 54.6 Å². The zero-order valence-electron chi connectivity index (χ0n) is 21.1. The van der Waals surface area contributed by atoms with Crippen LogP contribution in [0.25, 0.3) is 0 Å². The standard InChI is InChI=1S/C27H31N5O6/c1-31-13-14-38-22-10-6-5-9-19(22)25(35)30-21(27(37)32-12-11-28-24(34)17-32)16-23(33)29-20(26(31)36)15-18-7-3-2-4-8-18/h2-10,20-21H,11-17H2,1H3,(H,28,34)(H,29,33)(H,30,35)/t20-,21-/m0/s1. The van der Waals surface area contributed by atoms with Crippen molar-refractivity contribution in [2.24, 2.45) is 0 Å². The summed E-state index contributed by atoms with van der Waals surface area (Å²) < 4.78 is 5.83. The van der Waals surface area contributed by atoms with Crippen LogP contribution < -0.4 is 20.7 Å². The first-order chi connectivity index (χ1) is 18.3. The maximum Gasteiger partial charge on any atom is 0.255 e. The molecule has 11 nitrogen and oxygen atoms in total. The summed E-state index contributed by atoms with van der Waals surface area (Å²) in [5.41, 5.74) is 1.04. The number of fused-ring (bicyclic) bond motifs is 1. The highest BCUT2D eigenvalue weighted by Gasteiger charge is 2.33. The fourth-order valence-electron chi connectivity index (χ4n) is 4.42. The Bertz CT molecular complexity index is 1200. The Morgan fingerprint density at radius 1 is 0.947 bits per heavy atom. The smallest absolute Gasteiger partial charge is 0.255 e. The van der Waals surface area contributed by atoms with E-state index >= 15 is 0 Å². The van der Waals surface area contributed by atoms with Gasteiger partial charge in [-0.05, 0) is 17.7 Å². The number of carbonyl (C=O) groups is 5. The quantitative estimate of drug-likeness (QED) is 0.508. The van der Waals surface area contributed by atoms with Crippen LogP contribution in [0.3, 0.4) is 0 Å². The minimum atomic E-state index is -1.25. The van der Waals surface area contributed by atoms with E-state index < -0.39 is 36.2 Å². The van der Waals surface area contributed by atoms with Gasteiger partial charge in [0.1, 0.15) is 24.4 Å². The normalized spacial score (nSPS) is 21.3. The largest absolute Gasteiger partial charge is 0.491 e. The molecule has 0 aromatic heterocycles. The molecule has 200 valence electrons. The van der Waals surface area contributed by atoms with Gasteiger partial charge in [-0.2, -0.15) is 0 Å². The van der Waals surface area contributed by atoms with Crippen LogP contribution in [0.4, 0.5) is 0 Å². The van der Waals surface area contributed by atoms with Crippen LogP contribution in [-0.4, -0.2) is 91.3 Å². The molecule has 4 rings (SSSR count). The van der Waals surface area contributed by atoms with Gasteiger partial charge in [-0.15, -0.1) is 0 Å². The summed E-state index contributed by atoms with van der Waals surface area (Å²) in [5, 5.41) is 8.06. The van der Waals surface area contributed by atoms with E-state index in [2.05, 4.69) is 16.0 Å². The molecule has 2 aliphatic heterocycles. The van der Waals surface area contributed by atoms with E-state index in [1.54, 1.807) is 31.3 Å². The van der Waals surface area contributed by atoms with Crippen molar-refractivity contribution in [3.8, 4) is 5.75 Å². The summed E-state index contributed by atoms with van der Waals surface area (Å²) in [6.07, 6.45) is -0.162. The van der Waals surface area contributed by atoms with Gasteiger partial charge >= 0.3 is 0 Å². The fourth-order valence-corrected chi connectivity index (χ4v) is 4.42. The highest BCUT2D eigenvalue weighted by Crippen LogP contribution is 2.19. The number of ether oxygens (including phenoxy) is 1. The van der Waals surface area contributed by atoms with E-state index in [1.807, 2.05) is 30.3 Å². The van der Waals surface area contributed by atoms with Crippen LogP contribution in [0.5, 0.6) is 5.75 Å². The monoisotopic (exact) mass is 521 g/mol. The van der Waals surface area contributed by atoms with Crippen molar-refractivity contribution in [3.05, 3.63) is 65.7 Å². The second-order valence-corrected chi connectivity index (χ2v) is 9.25. The second kappa shape index (κ2) is 12.2. The first-order valence-electron chi connectivity index (χ1n) is 12.5. The summed E-state index contributed by atoms with van der Waals surface area (Å²) in [7, 11) is 1.62. The molecule has 2 aromatic rings. The lowest BCUT2D eigenvalue weighted by atomic mass is 10.0. The maximum atomic E-state index is 13.4. The fraction of sp³-hybridized carbons (Fsp3) is 0.370. The number of nitrogens with zero attached hydrogens (tertiary/aromatic N) is 2. The Kier molecular flexibility index (Phi) is 8.57. The third kappa shape index (κ3) is 6.67. The van der Waals surface area contributed by atoms with Crippen LogP contribution in [0, 0.1) is 0 Å². The zero-order valence-corrected chi connectivity index (χ0v) is 21.1. The predicted octanol–water partition coefficient (Wildman–Crippen LogP) is -0.288. The molecule has 0 radical (unpaired) electrons. The molecule has 2 atom stereocenters. The van der Waals surface area contributed by atoms with E-state index in [0.717, 1.165) is 5.56 Å². The number of para-hydroxylation sites is 1. The lowest BCUT2D eigenvalue weighted by Gasteiger charge is -2.31. The van der Waals surface area contributed by atoms with E-state index in [0.29, 0.717) is 0 Å². The van der Waals surface area contributed by atoms with Gasteiger partial charge in [0.2, 0.25) is 23.6 Å². The lowest BCUT2D eigenvalue weighted by molar-refractivity contribution is -0.141. The van der Waals surface area contributed by atoms with Gasteiger partial charge in [0.05, 0.1) is 25.1 Å². The van der Waals surface area contributed by atoms with E-state index in [4.69, 9.17) is 4.74 Å². The predicted molar refractivity (Wildman–Crippen MR) is 137 cm³/mol. The highest BCUT2D eigenvalue weighted by molar-refractivity contribution is 6.01. The van der Waals surface area contributed by atoms with Crippen LogP contribution >= 0.6 is 0 Å². The first-order valence-corrected chi connectivity index (χ1v) is 12.5. The summed E-state index contributed by atoms with van der Waals surface area (Å²) in [4.78, 5) is 67.8. The van der Waals surface area contributed by atoms with Gasteiger partial charge in [-0.25, -0.2) is 0 Å². The number of hydrogen-bond donors (Lipinski definition) is 3. The summed E-state index contributed by atoms with van der Waals surface area (Å²) in [6.45, 7) is 0.691. The molecule has 0 unspecified atom stereocenters. The third-order valence-corrected chi connectivity index (χ3v) is 6.45. The molecular formula is C27H31N5O6. The minimum absolute atomic E-state index is 0.115. The number of piperazine rings is 1. The number of benzene rings is 2. The van der Waals surface area contributed by atoms with Crippen molar-refractivity contribution in [1.82, 2.24) is 25.8 Å². The molecule has 0 bridgehead atoms. The molecule has 1 saturated heterocycles. The highest BCUT2D eigenvalue weighted by atomic mass is 16.5. The zero-order chi connectivity index (χ0) is 27.1. The first kappa shape index (κ1) is 26.6. The van der Waals surface area contributed by atoms with E-state index in [9.17, 15) is 24.0 Å². The molecule has 5 amide bonds. The van der Waals surface area contributed by atoms with Gasteiger partial charge < -0.3 is 30.5 Å². The van der Waals surface area contributed by atoms with Crippen molar-refractivity contribution >= 4 is 29.5 Å². The average Bonchev–Trinajstić information content (AvgIpc) is 2.91. The Labute approximate surface area is 220 Å². The topological polar surface area (TPSA) is 137 Å². The minimum Gasteiger partial charge on any atom is -0.491 e. The Hall–Kier alpha value is -4.41. The molecule has 0 aliphatic carbocycles. The number of rotatable bonds is 3. The molecule has 38 heavy (non-hydrogen) atoms. The molecule has 2 aliphatic rings. The summed E-state index contributed by atoms with van der Waals surface area (Å²) >= 11 is 0. The Balaban J connectivity index is 1.63. The maximum absolute atomic E-state index is 13.4. The number of carbonyl (C=O) groups excluding carboxylic acids is 5. The molecule has 2 heterocycles. The van der Waals surface area contributed by atoms with Crippen molar-refractivity contribution < 1.29 is 28.7 Å². The number of likely N-dealkylation sites (N-methyl/N-ethyl adjacent to an activating group) is 1. The molecular weight excluding hydrogens is 490 g/mol. The molecule has 3 N–H and O–H groups in total. The van der Waals surface area contributed by atoms with Gasteiger partial charge in [0, 0.05) is 26.6 Å². The lowest BCUT2D eigenvalue weighted by Crippen LogP contribution is -2.57. The van der Waals surface area contributed by atoms with Gasteiger partial charge in [-0.3, -0.25) is 24.0 Å². The number of nitrogens with one attached hydrogen (secondary N) is 3. The van der Waals surface area contributed by atoms with Crippen molar-refractivity contribution in [2.75, 3.05) is 39.8 Å². The van der Waals surface area contributed by atoms with Gasteiger partial charge in [0.15, 0.2) is 0 Å². The van der Waals surface area contributed by atoms with Crippen LogP contribution in [0.2, 0.25) is 0 Å². The number of hydrogen-bond acceptors (Lipinski definition) is 6. The molecule has 2 aromatic carbocycles. The Morgan fingerprint density at radius 2 is 1.68 bits per heavy atom. The summed E-state index contributed by atoms with van der Waals surface area (Å²) in [5.74, 6) is -2.06. The molecule has 1 fully saturated rings. The van der Waals surface area contributed by atoms with E-state index in [-0.39, 0.29) is 62.3 Å². The Morgan fingerprint density at radius 3 is 2.45 bits per heavy atom. The number of amides is 5. The average molecular weight is 522 g/mol. The van der Waals surface area contributed by atoms with Gasteiger partial charge in [-0.1, -0.05) is 42.5 Å². The third-order valence-electron chi connectivity index (χ3n) is 6.45.